The van der Waals surface area contributed by atoms with E-state index in [4.69, 9.17) is 4.74 Å². The second-order valence-corrected chi connectivity index (χ2v) is 6.53. The minimum absolute atomic E-state index is 0.0358. The summed E-state index contributed by atoms with van der Waals surface area (Å²) in [5.74, 6) is 0.653. The summed E-state index contributed by atoms with van der Waals surface area (Å²) < 4.78 is 6.66. The number of benzene rings is 1. The van der Waals surface area contributed by atoms with Crippen LogP contribution in [-0.4, -0.2) is 18.7 Å². The molecule has 1 aliphatic carbocycles. The van der Waals surface area contributed by atoms with Gasteiger partial charge in [-0.25, -0.2) is 0 Å². The average molecular weight is 259 g/mol. The van der Waals surface area contributed by atoms with Crippen LogP contribution in [0.2, 0.25) is 0 Å². The molecule has 1 spiro atoms. The first-order valence-electron chi connectivity index (χ1n) is 7.59. The van der Waals surface area contributed by atoms with Gasteiger partial charge in [-0.3, -0.25) is 0 Å². The molecule has 0 saturated carbocycles. The number of fused-ring (bicyclic) bond motifs is 2. The quantitative estimate of drug-likeness (QED) is 0.832. The Morgan fingerprint density at radius 2 is 2.11 bits per heavy atom. The van der Waals surface area contributed by atoms with E-state index in [1.807, 2.05) is 0 Å². The van der Waals surface area contributed by atoms with E-state index in [9.17, 15) is 0 Å². The van der Waals surface area contributed by atoms with Crippen LogP contribution in [0.1, 0.15) is 57.1 Å². The predicted molar refractivity (Wildman–Crippen MR) is 78.4 cm³/mol. The van der Waals surface area contributed by atoms with Crippen molar-refractivity contribution >= 4 is 0 Å². The molecule has 1 aromatic carbocycles. The fourth-order valence-corrected chi connectivity index (χ4v) is 3.64. The number of hydrogen-bond donors (Lipinski definition) is 1. The lowest BCUT2D eigenvalue weighted by atomic mass is 9.73. The maximum atomic E-state index is 6.66. The first-order chi connectivity index (χ1) is 9.09. The Morgan fingerprint density at radius 1 is 1.32 bits per heavy atom. The van der Waals surface area contributed by atoms with Crippen molar-refractivity contribution in [2.45, 2.75) is 57.2 Å². The van der Waals surface area contributed by atoms with E-state index in [2.05, 4.69) is 50.4 Å². The Balaban J connectivity index is 2.03. The molecule has 0 radical (unpaired) electrons. The van der Waals surface area contributed by atoms with Gasteiger partial charge in [0, 0.05) is 13.1 Å². The monoisotopic (exact) mass is 259 g/mol. The Hall–Kier alpha value is -0.860. The third-order valence-corrected chi connectivity index (χ3v) is 5.06. The second-order valence-electron chi connectivity index (χ2n) is 6.53. The van der Waals surface area contributed by atoms with Crippen LogP contribution in [0.5, 0.6) is 0 Å². The van der Waals surface area contributed by atoms with Crippen molar-refractivity contribution < 1.29 is 4.74 Å². The molecule has 3 unspecified atom stereocenters. The van der Waals surface area contributed by atoms with Gasteiger partial charge >= 0.3 is 0 Å². The Bertz CT molecular complexity index is 472. The van der Waals surface area contributed by atoms with Crippen molar-refractivity contribution in [1.82, 2.24) is 5.32 Å². The summed E-state index contributed by atoms with van der Waals surface area (Å²) >= 11 is 0. The molecule has 1 aliphatic heterocycles. The van der Waals surface area contributed by atoms with E-state index in [1.54, 1.807) is 0 Å². The molecule has 3 atom stereocenters. The van der Waals surface area contributed by atoms with Crippen molar-refractivity contribution in [2.24, 2.45) is 0 Å². The van der Waals surface area contributed by atoms with Crippen LogP contribution in [0.4, 0.5) is 0 Å². The van der Waals surface area contributed by atoms with Crippen LogP contribution in [-0.2, 0) is 10.3 Å². The van der Waals surface area contributed by atoms with Gasteiger partial charge in [0.25, 0.3) is 0 Å². The van der Waals surface area contributed by atoms with E-state index in [1.165, 1.54) is 17.5 Å². The summed E-state index contributed by atoms with van der Waals surface area (Å²) in [6.45, 7) is 8.70. The van der Waals surface area contributed by atoms with Gasteiger partial charge < -0.3 is 10.1 Å². The summed E-state index contributed by atoms with van der Waals surface area (Å²) in [4.78, 5) is 0. The number of rotatable bonds is 1. The van der Waals surface area contributed by atoms with E-state index in [0.29, 0.717) is 5.92 Å². The van der Waals surface area contributed by atoms with Crippen molar-refractivity contribution in [3.8, 4) is 0 Å². The molecule has 2 heteroatoms. The number of hydrogen-bond acceptors (Lipinski definition) is 2. The fourth-order valence-electron chi connectivity index (χ4n) is 3.64. The van der Waals surface area contributed by atoms with Gasteiger partial charge in [0.2, 0.25) is 0 Å². The van der Waals surface area contributed by atoms with Gasteiger partial charge in [-0.15, -0.1) is 0 Å². The Labute approximate surface area is 116 Å². The third kappa shape index (κ3) is 2.11. The molecular formula is C17H25NO. The highest BCUT2D eigenvalue weighted by molar-refractivity contribution is 5.38. The molecule has 19 heavy (non-hydrogen) atoms. The highest BCUT2D eigenvalue weighted by Gasteiger charge is 2.46. The standard InChI is InChI=1S/C17H25NO/c1-4-16(3)11-18-12-17(19-16)10-9-13(2)14-7-5-6-8-15(14)17/h5-8,13,18H,4,9-12H2,1-3H3. The summed E-state index contributed by atoms with van der Waals surface area (Å²) in [7, 11) is 0. The summed E-state index contributed by atoms with van der Waals surface area (Å²) in [6.07, 6.45) is 3.41. The van der Waals surface area contributed by atoms with E-state index in [0.717, 1.165) is 25.9 Å². The van der Waals surface area contributed by atoms with Crippen LogP contribution in [0.25, 0.3) is 0 Å². The fraction of sp³-hybridized carbons (Fsp3) is 0.647. The SMILES string of the molecule is CCC1(C)CNCC2(CCC(C)c3ccccc32)O1. The number of morpholine rings is 1. The summed E-state index contributed by atoms with van der Waals surface area (Å²) in [5.41, 5.74) is 2.76. The molecule has 1 fully saturated rings. The molecule has 2 nitrogen and oxygen atoms in total. The highest BCUT2D eigenvalue weighted by Crippen LogP contribution is 2.46. The minimum Gasteiger partial charge on any atom is -0.361 e. The molecule has 1 N–H and O–H groups in total. The van der Waals surface area contributed by atoms with Gasteiger partial charge in [0.15, 0.2) is 0 Å². The highest BCUT2D eigenvalue weighted by atomic mass is 16.5. The smallest absolute Gasteiger partial charge is 0.107 e. The molecule has 104 valence electrons. The lowest BCUT2D eigenvalue weighted by molar-refractivity contribution is -0.184. The zero-order chi connectivity index (χ0) is 13.5. The Morgan fingerprint density at radius 3 is 2.89 bits per heavy atom. The molecule has 2 aliphatic rings. The number of ether oxygens (including phenoxy) is 1. The zero-order valence-electron chi connectivity index (χ0n) is 12.3. The average Bonchev–Trinajstić information content (AvgIpc) is 2.44. The molecule has 0 amide bonds. The second kappa shape index (κ2) is 4.60. The lowest BCUT2D eigenvalue weighted by Crippen LogP contribution is -2.58. The molecule has 1 saturated heterocycles. The first kappa shape index (κ1) is 13.1. The lowest BCUT2D eigenvalue weighted by Gasteiger charge is -2.50. The van der Waals surface area contributed by atoms with Crippen LogP contribution >= 0.6 is 0 Å². The van der Waals surface area contributed by atoms with Crippen molar-refractivity contribution in [1.29, 1.82) is 0 Å². The largest absolute Gasteiger partial charge is 0.361 e. The van der Waals surface area contributed by atoms with Crippen LogP contribution in [0, 0.1) is 0 Å². The normalized spacial score (nSPS) is 38.2. The molecule has 1 heterocycles. The van der Waals surface area contributed by atoms with Gasteiger partial charge in [-0.05, 0) is 43.2 Å². The van der Waals surface area contributed by atoms with E-state index >= 15 is 0 Å². The predicted octanol–water partition coefficient (Wildman–Crippen LogP) is 3.57. The maximum absolute atomic E-state index is 6.66. The zero-order valence-corrected chi connectivity index (χ0v) is 12.3. The Kier molecular flexibility index (Phi) is 3.18. The minimum atomic E-state index is -0.105. The van der Waals surface area contributed by atoms with Crippen molar-refractivity contribution in [2.75, 3.05) is 13.1 Å². The van der Waals surface area contributed by atoms with Crippen LogP contribution in [0.3, 0.4) is 0 Å². The van der Waals surface area contributed by atoms with Crippen LogP contribution in [0.15, 0.2) is 24.3 Å². The third-order valence-electron chi connectivity index (χ3n) is 5.06. The molecule has 0 aromatic heterocycles. The van der Waals surface area contributed by atoms with Gasteiger partial charge in [0.1, 0.15) is 5.60 Å². The van der Waals surface area contributed by atoms with Gasteiger partial charge in [-0.1, -0.05) is 38.1 Å². The first-order valence-corrected chi connectivity index (χ1v) is 7.59. The van der Waals surface area contributed by atoms with Gasteiger partial charge in [-0.2, -0.15) is 0 Å². The number of nitrogens with one attached hydrogen (secondary N) is 1. The van der Waals surface area contributed by atoms with E-state index < -0.39 is 0 Å². The maximum Gasteiger partial charge on any atom is 0.107 e. The topological polar surface area (TPSA) is 21.3 Å². The van der Waals surface area contributed by atoms with Crippen molar-refractivity contribution in [3.05, 3.63) is 35.4 Å². The van der Waals surface area contributed by atoms with Crippen LogP contribution < -0.4 is 5.32 Å². The summed E-state index contributed by atoms with van der Waals surface area (Å²) in [5, 5.41) is 3.62. The van der Waals surface area contributed by atoms with E-state index in [-0.39, 0.29) is 11.2 Å². The van der Waals surface area contributed by atoms with Crippen molar-refractivity contribution in [3.63, 3.8) is 0 Å². The molecule has 0 bridgehead atoms. The molecule has 1 aromatic rings. The van der Waals surface area contributed by atoms with Gasteiger partial charge in [0.05, 0.1) is 5.60 Å². The molecule has 3 rings (SSSR count). The molecular weight excluding hydrogens is 234 g/mol. The summed E-state index contributed by atoms with van der Waals surface area (Å²) in [6, 6.07) is 8.86.